The highest BCUT2D eigenvalue weighted by atomic mass is 35.5. The fourth-order valence-corrected chi connectivity index (χ4v) is 2.33. The van der Waals surface area contributed by atoms with Crippen LogP contribution in [0.1, 0.15) is 22.3 Å². The Morgan fingerprint density at radius 2 is 1.93 bits per heavy atom. The summed E-state index contributed by atoms with van der Waals surface area (Å²) in [4.78, 5) is 24.0. The number of carbonyl (C=O) groups excluding carboxylic acids is 2. The number of methoxy groups -OCH3 is 1. The molecule has 1 unspecified atom stereocenters. The van der Waals surface area contributed by atoms with E-state index in [9.17, 15) is 14.0 Å². The van der Waals surface area contributed by atoms with Crippen molar-refractivity contribution in [2.75, 3.05) is 19.0 Å². The minimum Gasteiger partial charge on any atom is -0.380 e. The molecule has 0 spiro atoms. The maximum absolute atomic E-state index is 13.2. The van der Waals surface area contributed by atoms with Gasteiger partial charge in [-0.3, -0.25) is 9.59 Å². The number of halogens is 2. The molecular weight excluding hydrogens is 373 g/mol. The first-order valence-electron chi connectivity index (χ1n) is 8.17. The van der Waals surface area contributed by atoms with E-state index in [1.54, 1.807) is 18.2 Å². The molecule has 2 aromatic rings. The van der Waals surface area contributed by atoms with Gasteiger partial charge < -0.3 is 21.1 Å². The molecule has 4 N–H and O–H groups in total. The topological polar surface area (TPSA) is 93.4 Å². The van der Waals surface area contributed by atoms with Crippen molar-refractivity contribution in [3.8, 4) is 0 Å². The number of hydrogen-bond donors (Lipinski definition) is 3. The highest BCUT2D eigenvalue weighted by molar-refractivity contribution is 6.04. The van der Waals surface area contributed by atoms with Gasteiger partial charge in [-0.05, 0) is 35.9 Å². The molecule has 0 aliphatic rings. The standard InChI is InChI=1S/C19H22FN3O3.ClH/c1-26-17(11-21)10-18(24)22-12-13-4-2-7-16(8-13)23-19(25)14-5-3-6-15(20)9-14;/h2-9,17H,10-12,21H2,1H3,(H,22,24)(H,23,25);1H. The van der Waals surface area contributed by atoms with Gasteiger partial charge in [0.1, 0.15) is 5.82 Å². The summed E-state index contributed by atoms with van der Waals surface area (Å²) in [6.07, 6.45) is -0.130. The van der Waals surface area contributed by atoms with Crippen LogP contribution in [0.3, 0.4) is 0 Å². The highest BCUT2D eigenvalue weighted by Crippen LogP contribution is 2.13. The van der Waals surface area contributed by atoms with Gasteiger partial charge in [0, 0.05) is 31.5 Å². The van der Waals surface area contributed by atoms with E-state index in [1.807, 2.05) is 6.07 Å². The second-order valence-corrected chi connectivity index (χ2v) is 5.74. The van der Waals surface area contributed by atoms with E-state index in [4.69, 9.17) is 10.5 Å². The Bertz CT molecular complexity index is 769. The molecule has 0 saturated heterocycles. The lowest BCUT2D eigenvalue weighted by Crippen LogP contribution is -2.31. The fraction of sp³-hybridized carbons (Fsp3) is 0.263. The monoisotopic (exact) mass is 395 g/mol. The highest BCUT2D eigenvalue weighted by Gasteiger charge is 2.11. The molecule has 0 radical (unpaired) electrons. The molecule has 0 bridgehead atoms. The Balaban J connectivity index is 0.00000364. The number of nitrogens with one attached hydrogen (secondary N) is 2. The quantitative estimate of drug-likeness (QED) is 0.640. The molecule has 2 aromatic carbocycles. The van der Waals surface area contributed by atoms with Crippen LogP contribution in [0.15, 0.2) is 48.5 Å². The number of rotatable bonds is 8. The predicted octanol–water partition coefficient (Wildman–Crippen LogP) is 2.48. The first-order chi connectivity index (χ1) is 12.5. The van der Waals surface area contributed by atoms with Crippen molar-refractivity contribution in [3.05, 3.63) is 65.5 Å². The third-order valence-corrected chi connectivity index (χ3v) is 3.77. The van der Waals surface area contributed by atoms with Crippen molar-refractivity contribution in [1.29, 1.82) is 0 Å². The van der Waals surface area contributed by atoms with Crippen LogP contribution in [0.5, 0.6) is 0 Å². The van der Waals surface area contributed by atoms with E-state index in [-0.39, 0.29) is 42.9 Å². The number of carbonyl (C=O) groups is 2. The van der Waals surface area contributed by atoms with Gasteiger partial charge in [0.2, 0.25) is 5.91 Å². The van der Waals surface area contributed by atoms with Crippen LogP contribution in [-0.4, -0.2) is 31.6 Å². The van der Waals surface area contributed by atoms with Crippen LogP contribution in [0, 0.1) is 5.82 Å². The van der Waals surface area contributed by atoms with Crippen LogP contribution in [0.4, 0.5) is 10.1 Å². The van der Waals surface area contributed by atoms with E-state index in [2.05, 4.69) is 10.6 Å². The summed E-state index contributed by atoms with van der Waals surface area (Å²) < 4.78 is 18.3. The first-order valence-corrected chi connectivity index (χ1v) is 8.17. The molecule has 0 heterocycles. The van der Waals surface area contributed by atoms with Gasteiger partial charge in [0.25, 0.3) is 5.91 Å². The predicted molar refractivity (Wildman–Crippen MR) is 104 cm³/mol. The number of benzene rings is 2. The van der Waals surface area contributed by atoms with Crippen molar-refractivity contribution < 1.29 is 18.7 Å². The number of nitrogens with two attached hydrogens (primary N) is 1. The zero-order chi connectivity index (χ0) is 18.9. The zero-order valence-corrected chi connectivity index (χ0v) is 15.7. The fourth-order valence-electron chi connectivity index (χ4n) is 2.33. The number of anilines is 1. The third kappa shape index (κ3) is 7.34. The average molecular weight is 396 g/mol. The Hall–Kier alpha value is -2.48. The van der Waals surface area contributed by atoms with Gasteiger partial charge in [-0.1, -0.05) is 18.2 Å². The number of hydrogen-bond acceptors (Lipinski definition) is 4. The lowest BCUT2D eigenvalue weighted by Gasteiger charge is -2.13. The number of amides is 2. The Kier molecular flexibility index (Phi) is 9.42. The molecule has 0 saturated carbocycles. The Labute approximate surface area is 163 Å². The van der Waals surface area contributed by atoms with Crippen molar-refractivity contribution in [3.63, 3.8) is 0 Å². The van der Waals surface area contributed by atoms with Gasteiger partial charge in [-0.15, -0.1) is 12.4 Å². The van der Waals surface area contributed by atoms with Gasteiger partial charge in [-0.2, -0.15) is 0 Å². The summed E-state index contributed by atoms with van der Waals surface area (Å²) in [6.45, 7) is 0.578. The average Bonchev–Trinajstić information content (AvgIpc) is 2.64. The normalized spacial score (nSPS) is 11.2. The van der Waals surface area contributed by atoms with Gasteiger partial charge in [-0.25, -0.2) is 4.39 Å². The smallest absolute Gasteiger partial charge is 0.255 e. The molecule has 0 fully saturated rings. The second kappa shape index (κ2) is 11.3. The molecule has 0 aromatic heterocycles. The largest absolute Gasteiger partial charge is 0.380 e. The molecular formula is C19H23ClFN3O3. The Morgan fingerprint density at radius 3 is 2.59 bits per heavy atom. The summed E-state index contributed by atoms with van der Waals surface area (Å²) in [5.41, 5.74) is 7.10. The molecule has 8 heteroatoms. The molecule has 146 valence electrons. The molecule has 6 nitrogen and oxygen atoms in total. The van der Waals surface area contributed by atoms with Gasteiger partial charge in [0.15, 0.2) is 0 Å². The lowest BCUT2D eigenvalue weighted by molar-refractivity contribution is -0.123. The lowest BCUT2D eigenvalue weighted by atomic mass is 10.1. The van der Waals surface area contributed by atoms with Crippen LogP contribution in [0.25, 0.3) is 0 Å². The van der Waals surface area contributed by atoms with E-state index in [0.717, 1.165) is 5.56 Å². The molecule has 1 atom stereocenters. The minimum atomic E-state index is -0.471. The minimum absolute atomic E-state index is 0. The zero-order valence-electron chi connectivity index (χ0n) is 14.9. The summed E-state index contributed by atoms with van der Waals surface area (Å²) in [6, 6.07) is 12.5. The van der Waals surface area contributed by atoms with Crippen molar-refractivity contribution in [2.45, 2.75) is 19.1 Å². The number of ether oxygens (including phenoxy) is 1. The SMILES string of the molecule is COC(CN)CC(=O)NCc1cccc(NC(=O)c2cccc(F)c2)c1.Cl. The van der Waals surface area contributed by atoms with Crippen LogP contribution in [0.2, 0.25) is 0 Å². The summed E-state index contributed by atoms with van der Waals surface area (Å²) in [5.74, 6) is -1.05. The molecule has 0 aliphatic carbocycles. The Morgan fingerprint density at radius 1 is 1.19 bits per heavy atom. The van der Waals surface area contributed by atoms with Crippen LogP contribution in [-0.2, 0) is 16.1 Å². The molecule has 27 heavy (non-hydrogen) atoms. The maximum atomic E-state index is 13.2. The van der Waals surface area contributed by atoms with Crippen molar-refractivity contribution in [2.24, 2.45) is 5.73 Å². The summed E-state index contributed by atoms with van der Waals surface area (Å²) in [7, 11) is 1.51. The molecule has 0 aliphatic heterocycles. The van der Waals surface area contributed by atoms with E-state index in [1.165, 1.54) is 31.4 Å². The summed E-state index contributed by atoms with van der Waals surface area (Å²) in [5, 5.41) is 5.49. The van der Waals surface area contributed by atoms with E-state index < -0.39 is 11.7 Å². The molecule has 2 rings (SSSR count). The second-order valence-electron chi connectivity index (χ2n) is 5.74. The first kappa shape index (κ1) is 22.6. The maximum Gasteiger partial charge on any atom is 0.255 e. The van der Waals surface area contributed by atoms with Crippen molar-refractivity contribution >= 4 is 29.9 Å². The van der Waals surface area contributed by atoms with Crippen LogP contribution >= 0.6 is 12.4 Å². The van der Waals surface area contributed by atoms with E-state index >= 15 is 0 Å². The van der Waals surface area contributed by atoms with Crippen molar-refractivity contribution in [1.82, 2.24) is 5.32 Å². The molecule has 2 amide bonds. The van der Waals surface area contributed by atoms with Gasteiger partial charge >= 0.3 is 0 Å². The van der Waals surface area contributed by atoms with E-state index in [0.29, 0.717) is 12.2 Å². The van der Waals surface area contributed by atoms with Gasteiger partial charge in [0.05, 0.1) is 12.5 Å². The summed E-state index contributed by atoms with van der Waals surface area (Å²) >= 11 is 0. The third-order valence-electron chi connectivity index (χ3n) is 3.77. The van der Waals surface area contributed by atoms with Crippen LogP contribution < -0.4 is 16.4 Å².